The van der Waals surface area contributed by atoms with Crippen molar-refractivity contribution in [1.29, 1.82) is 0 Å². The summed E-state index contributed by atoms with van der Waals surface area (Å²) < 4.78 is 5.57. The van der Waals surface area contributed by atoms with Crippen molar-refractivity contribution in [3.8, 4) is 5.75 Å². The minimum atomic E-state index is -0.348. The number of carbonyl (C=O) groups is 1. The molecular weight excluding hydrogens is 350 g/mol. The molecule has 1 heterocycles. The number of rotatable bonds is 6. The van der Waals surface area contributed by atoms with Crippen molar-refractivity contribution in [3.05, 3.63) is 29.3 Å². The first-order valence-corrected chi connectivity index (χ1v) is 11.1. The Morgan fingerprint density at radius 3 is 2.54 bits per heavy atom. The van der Waals surface area contributed by atoms with E-state index in [0.29, 0.717) is 17.5 Å². The van der Waals surface area contributed by atoms with Crippen molar-refractivity contribution < 1.29 is 9.53 Å². The van der Waals surface area contributed by atoms with E-state index >= 15 is 0 Å². The molecule has 2 saturated carbocycles. The van der Waals surface area contributed by atoms with Crippen LogP contribution >= 0.6 is 0 Å². The molecule has 2 N–H and O–H groups in total. The highest BCUT2D eigenvalue weighted by Crippen LogP contribution is 2.40. The van der Waals surface area contributed by atoms with Crippen LogP contribution in [0.2, 0.25) is 0 Å². The van der Waals surface area contributed by atoms with Gasteiger partial charge in [-0.15, -0.1) is 0 Å². The zero-order valence-corrected chi connectivity index (χ0v) is 17.2. The number of nitrogens with two attached hydrogens (primary N) is 1. The van der Waals surface area contributed by atoms with Crippen LogP contribution in [0.15, 0.2) is 18.2 Å². The van der Waals surface area contributed by atoms with Gasteiger partial charge in [0.1, 0.15) is 5.75 Å². The van der Waals surface area contributed by atoms with E-state index in [2.05, 4.69) is 9.80 Å². The van der Waals surface area contributed by atoms with Gasteiger partial charge in [-0.2, -0.15) is 0 Å². The monoisotopic (exact) mass is 385 g/mol. The lowest BCUT2D eigenvalue weighted by molar-refractivity contribution is 0.0997. The first-order chi connectivity index (χ1) is 13.7. The number of hydrogen-bond donors (Lipinski definition) is 1. The third-order valence-corrected chi connectivity index (χ3v) is 7.01. The van der Waals surface area contributed by atoms with E-state index in [-0.39, 0.29) is 5.91 Å². The van der Waals surface area contributed by atoms with E-state index in [0.717, 1.165) is 30.1 Å². The average molecular weight is 386 g/mol. The maximum Gasteiger partial charge on any atom is 0.249 e. The molecule has 3 fully saturated rings. The average Bonchev–Trinajstić information content (AvgIpc) is 3.55. The van der Waals surface area contributed by atoms with Crippen LogP contribution in [0.1, 0.15) is 66.8 Å². The molecule has 4 rings (SSSR count). The van der Waals surface area contributed by atoms with Crippen LogP contribution in [0.25, 0.3) is 0 Å². The molecule has 1 aromatic carbocycles. The summed E-state index contributed by atoms with van der Waals surface area (Å²) in [5, 5.41) is 0. The van der Waals surface area contributed by atoms with Crippen molar-refractivity contribution in [2.24, 2.45) is 11.7 Å². The SMILES string of the molecule is COc1cccc(C(N)=O)c1C1CCC(N2CCCN(CC3CC3)CC2)CC1. The molecule has 1 aliphatic heterocycles. The van der Waals surface area contributed by atoms with Crippen molar-refractivity contribution >= 4 is 5.91 Å². The molecule has 0 spiro atoms. The van der Waals surface area contributed by atoms with Gasteiger partial charge in [-0.05, 0) is 82.0 Å². The third kappa shape index (κ3) is 4.52. The Hall–Kier alpha value is -1.59. The van der Waals surface area contributed by atoms with E-state index < -0.39 is 0 Å². The third-order valence-electron chi connectivity index (χ3n) is 7.01. The Balaban J connectivity index is 1.36. The summed E-state index contributed by atoms with van der Waals surface area (Å²) in [6.45, 7) is 6.27. The van der Waals surface area contributed by atoms with Gasteiger partial charge in [0.15, 0.2) is 0 Å². The van der Waals surface area contributed by atoms with Gasteiger partial charge >= 0.3 is 0 Å². The molecule has 28 heavy (non-hydrogen) atoms. The van der Waals surface area contributed by atoms with Gasteiger partial charge in [0.2, 0.25) is 5.91 Å². The first-order valence-electron chi connectivity index (χ1n) is 11.1. The number of methoxy groups -OCH3 is 1. The summed E-state index contributed by atoms with van der Waals surface area (Å²) in [7, 11) is 1.68. The highest BCUT2D eigenvalue weighted by atomic mass is 16.5. The number of nitrogens with zero attached hydrogens (tertiary/aromatic N) is 2. The van der Waals surface area contributed by atoms with E-state index in [4.69, 9.17) is 10.5 Å². The van der Waals surface area contributed by atoms with E-state index in [9.17, 15) is 4.79 Å². The number of ether oxygens (including phenoxy) is 1. The van der Waals surface area contributed by atoms with Crippen LogP contribution in [-0.4, -0.2) is 61.6 Å². The topological polar surface area (TPSA) is 58.8 Å². The molecule has 3 aliphatic rings. The second-order valence-electron chi connectivity index (χ2n) is 8.92. The number of amides is 1. The Bertz CT molecular complexity index is 680. The van der Waals surface area contributed by atoms with Gasteiger partial charge in [-0.25, -0.2) is 0 Å². The fraction of sp³-hybridized carbons (Fsp3) is 0.696. The Kier molecular flexibility index (Phi) is 6.22. The molecule has 1 saturated heterocycles. The maximum absolute atomic E-state index is 11.9. The standard InChI is InChI=1S/C23H35N3O2/c1-28-21-5-2-4-20(23(24)27)22(21)18-8-10-19(11-9-18)26-13-3-12-25(14-15-26)16-17-6-7-17/h2,4-5,17-19H,3,6-16H2,1H3,(H2,24,27). The lowest BCUT2D eigenvalue weighted by atomic mass is 9.79. The van der Waals surface area contributed by atoms with Crippen molar-refractivity contribution in [2.45, 2.75) is 56.9 Å². The van der Waals surface area contributed by atoms with Gasteiger partial charge in [-0.1, -0.05) is 6.07 Å². The van der Waals surface area contributed by atoms with Gasteiger partial charge in [0.05, 0.1) is 7.11 Å². The first kappa shape index (κ1) is 19.7. The van der Waals surface area contributed by atoms with Crippen molar-refractivity contribution in [1.82, 2.24) is 9.80 Å². The fourth-order valence-corrected chi connectivity index (χ4v) is 5.29. The highest BCUT2D eigenvalue weighted by molar-refractivity contribution is 5.95. The van der Waals surface area contributed by atoms with E-state index in [1.165, 1.54) is 64.8 Å². The van der Waals surface area contributed by atoms with Gasteiger partial charge in [-0.3, -0.25) is 9.69 Å². The Labute approximate surface area is 169 Å². The number of benzene rings is 1. The fourth-order valence-electron chi connectivity index (χ4n) is 5.29. The van der Waals surface area contributed by atoms with Crippen LogP contribution in [0.4, 0.5) is 0 Å². The van der Waals surface area contributed by atoms with Crippen molar-refractivity contribution in [3.63, 3.8) is 0 Å². The molecular formula is C23H35N3O2. The van der Waals surface area contributed by atoms with Crippen molar-refractivity contribution in [2.75, 3.05) is 39.8 Å². The predicted molar refractivity (Wildman–Crippen MR) is 112 cm³/mol. The minimum absolute atomic E-state index is 0.348. The van der Waals surface area contributed by atoms with Crippen LogP contribution < -0.4 is 10.5 Å². The van der Waals surface area contributed by atoms with Gasteiger partial charge in [0.25, 0.3) is 0 Å². The quantitative estimate of drug-likeness (QED) is 0.817. The Morgan fingerprint density at radius 1 is 1.07 bits per heavy atom. The molecule has 1 amide bonds. The maximum atomic E-state index is 11.9. The Morgan fingerprint density at radius 2 is 1.86 bits per heavy atom. The number of primary amides is 1. The van der Waals surface area contributed by atoms with Gasteiger partial charge in [0, 0.05) is 36.8 Å². The largest absolute Gasteiger partial charge is 0.496 e. The number of hydrogen-bond acceptors (Lipinski definition) is 4. The van der Waals surface area contributed by atoms with E-state index in [1.807, 2.05) is 18.2 Å². The van der Waals surface area contributed by atoms with Crippen LogP contribution in [0.3, 0.4) is 0 Å². The minimum Gasteiger partial charge on any atom is -0.496 e. The van der Waals surface area contributed by atoms with Gasteiger partial charge < -0.3 is 15.4 Å². The summed E-state index contributed by atoms with van der Waals surface area (Å²) in [5.41, 5.74) is 7.31. The van der Waals surface area contributed by atoms with Crippen LogP contribution in [0, 0.1) is 5.92 Å². The molecule has 5 nitrogen and oxygen atoms in total. The zero-order chi connectivity index (χ0) is 19.5. The molecule has 0 atom stereocenters. The highest BCUT2D eigenvalue weighted by Gasteiger charge is 2.32. The zero-order valence-electron chi connectivity index (χ0n) is 17.2. The number of carbonyl (C=O) groups excluding carboxylic acids is 1. The lowest BCUT2D eigenvalue weighted by Crippen LogP contribution is -2.40. The molecule has 154 valence electrons. The van der Waals surface area contributed by atoms with E-state index in [1.54, 1.807) is 7.11 Å². The summed E-state index contributed by atoms with van der Waals surface area (Å²) >= 11 is 0. The molecule has 0 aromatic heterocycles. The molecule has 2 aliphatic carbocycles. The molecule has 0 unspecified atom stereocenters. The molecule has 0 bridgehead atoms. The predicted octanol–water partition coefficient (Wildman–Crippen LogP) is 3.24. The second kappa shape index (κ2) is 8.83. The molecule has 0 radical (unpaired) electrons. The summed E-state index contributed by atoms with van der Waals surface area (Å²) in [6.07, 6.45) is 8.79. The summed E-state index contributed by atoms with van der Waals surface area (Å²) in [6, 6.07) is 6.34. The normalized spacial score (nSPS) is 27.3. The van der Waals surface area contributed by atoms with Crippen LogP contribution in [-0.2, 0) is 0 Å². The smallest absolute Gasteiger partial charge is 0.249 e. The summed E-state index contributed by atoms with van der Waals surface area (Å²) in [4.78, 5) is 17.4. The molecule has 1 aromatic rings. The lowest BCUT2D eigenvalue weighted by Gasteiger charge is -2.37. The summed E-state index contributed by atoms with van der Waals surface area (Å²) in [5.74, 6) is 1.82. The second-order valence-corrected chi connectivity index (χ2v) is 8.92. The van der Waals surface area contributed by atoms with Crippen LogP contribution in [0.5, 0.6) is 5.75 Å². The molecule has 5 heteroatoms.